The Kier molecular flexibility index (Phi) is 6.04. The average Bonchev–Trinajstić information content (AvgIpc) is 2.83. The highest BCUT2D eigenvalue weighted by Gasteiger charge is 2.19. The van der Waals surface area contributed by atoms with Gasteiger partial charge in [-0.05, 0) is 18.6 Å². The normalized spacial score (nSPS) is 11.7. The Balaban J connectivity index is 2.54. The van der Waals surface area contributed by atoms with Crippen LogP contribution >= 0.6 is 0 Å². The van der Waals surface area contributed by atoms with Crippen molar-refractivity contribution in [3.8, 4) is 0 Å². The van der Waals surface area contributed by atoms with Crippen LogP contribution in [0.15, 0.2) is 22.8 Å². The van der Waals surface area contributed by atoms with Gasteiger partial charge in [0, 0.05) is 19.5 Å². The topological polar surface area (TPSA) is 79.6 Å². The van der Waals surface area contributed by atoms with Gasteiger partial charge in [-0.15, -0.1) is 0 Å². The molecule has 0 bridgehead atoms. The predicted molar refractivity (Wildman–Crippen MR) is 71.9 cm³/mol. The lowest BCUT2D eigenvalue weighted by atomic mass is 10.3. The molecule has 0 saturated carbocycles. The molecule has 0 atom stereocenters. The summed E-state index contributed by atoms with van der Waals surface area (Å²) in [4.78, 5) is 11.5. The molecule has 0 saturated heterocycles. The number of carbonyl (C=O) groups is 1. The monoisotopic (exact) mass is 288 g/mol. The van der Waals surface area contributed by atoms with Crippen LogP contribution in [0, 0.1) is 0 Å². The van der Waals surface area contributed by atoms with Gasteiger partial charge in [0.15, 0.2) is 0 Å². The first-order valence-corrected chi connectivity index (χ1v) is 8.02. The zero-order valence-electron chi connectivity index (χ0n) is 11.3. The van der Waals surface area contributed by atoms with E-state index < -0.39 is 10.0 Å². The number of hydrogen-bond donors (Lipinski definition) is 1. The number of nitrogens with one attached hydrogen (secondary N) is 1. The number of carbonyl (C=O) groups excluding carboxylic acids is 1. The van der Waals surface area contributed by atoms with Gasteiger partial charge in [-0.25, -0.2) is 8.42 Å². The standard InChI is InChI=1S/C12H20N2O4S/c1-3-7-13-12(15)6-8-14(19(2,16)17)10-11-5-4-9-18-11/h4-5,9H,3,6-8,10H2,1-2H3,(H,13,15). The van der Waals surface area contributed by atoms with E-state index in [1.807, 2.05) is 6.92 Å². The third-order valence-corrected chi connectivity index (χ3v) is 3.79. The Morgan fingerprint density at radius 1 is 1.47 bits per heavy atom. The van der Waals surface area contributed by atoms with Crippen molar-refractivity contribution in [2.45, 2.75) is 26.3 Å². The Morgan fingerprint density at radius 3 is 2.74 bits per heavy atom. The molecule has 0 unspecified atom stereocenters. The fourth-order valence-electron chi connectivity index (χ4n) is 1.52. The molecule has 0 spiro atoms. The summed E-state index contributed by atoms with van der Waals surface area (Å²) >= 11 is 0. The second-order valence-electron chi connectivity index (χ2n) is 4.28. The van der Waals surface area contributed by atoms with Crippen molar-refractivity contribution in [2.24, 2.45) is 0 Å². The summed E-state index contributed by atoms with van der Waals surface area (Å²) in [7, 11) is -3.36. The number of hydrogen-bond acceptors (Lipinski definition) is 4. The van der Waals surface area contributed by atoms with Crippen LogP contribution in [0.25, 0.3) is 0 Å². The van der Waals surface area contributed by atoms with Crippen LogP contribution in [0.2, 0.25) is 0 Å². The van der Waals surface area contributed by atoms with Crippen molar-refractivity contribution in [3.05, 3.63) is 24.2 Å². The van der Waals surface area contributed by atoms with E-state index in [9.17, 15) is 13.2 Å². The molecule has 7 heteroatoms. The predicted octanol–water partition coefficient (Wildman–Crippen LogP) is 0.957. The second-order valence-corrected chi connectivity index (χ2v) is 6.26. The summed E-state index contributed by atoms with van der Waals surface area (Å²) in [5.74, 6) is 0.411. The molecular formula is C12H20N2O4S. The highest BCUT2D eigenvalue weighted by molar-refractivity contribution is 7.88. The molecule has 0 aliphatic rings. The molecule has 1 N–H and O–H groups in total. The number of sulfonamides is 1. The van der Waals surface area contributed by atoms with Gasteiger partial charge in [0.1, 0.15) is 5.76 Å². The summed E-state index contributed by atoms with van der Waals surface area (Å²) in [5.41, 5.74) is 0. The molecule has 0 aliphatic carbocycles. The molecule has 0 radical (unpaired) electrons. The van der Waals surface area contributed by atoms with E-state index in [2.05, 4.69) is 5.32 Å². The zero-order valence-corrected chi connectivity index (χ0v) is 12.1. The molecule has 1 heterocycles. The minimum Gasteiger partial charge on any atom is -0.468 e. The highest BCUT2D eigenvalue weighted by atomic mass is 32.2. The third-order valence-electron chi connectivity index (χ3n) is 2.54. The van der Waals surface area contributed by atoms with Gasteiger partial charge in [0.25, 0.3) is 0 Å². The molecule has 1 rings (SSSR count). The van der Waals surface area contributed by atoms with Crippen molar-refractivity contribution in [2.75, 3.05) is 19.3 Å². The van der Waals surface area contributed by atoms with Crippen molar-refractivity contribution < 1.29 is 17.6 Å². The molecule has 0 fully saturated rings. The van der Waals surface area contributed by atoms with Crippen LogP contribution in [-0.2, 0) is 21.4 Å². The van der Waals surface area contributed by atoms with Crippen molar-refractivity contribution in [1.29, 1.82) is 0 Å². The third kappa shape index (κ3) is 5.89. The van der Waals surface area contributed by atoms with Gasteiger partial charge < -0.3 is 9.73 Å². The quantitative estimate of drug-likeness (QED) is 0.772. The minimum atomic E-state index is -3.36. The molecule has 0 aromatic carbocycles. The number of furan rings is 1. The lowest BCUT2D eigenvalue weighted by Gasteiger charge is -2.18. The van der Waals surface area contributed by atoms with Gasteiger partial charge in [-0.2, -0.15) is 4.31 Å². The van der Waals surface area contributed by atoms with Crippen LogP contribution in [0.3, 0.4) is 0 Å². The lowest BCUT2D eigenvalue weighted by Crippen LogP contribution is -2.34. The average molecular weight is 288 g/mol. The molecule has 6 nitrogen and oxygen atoms in total. The molecule has 1 aromatic heterocycles. The van der Waals surface area contributed by atoms with Gasteiger partial charge >= 0.3 is 0 Å². The Bertz CT molecular complexity index is 482. The molecule has 19 heavy (non-hydrogen) atoms. The fraction of sp³-hybridized carbons (Fsp3) is 0.583. The molecule has 0 aliphatic heterocycles. The largest absolute Gasteiger partial charge is 0.468 e. The first kappa shape index (κ1) is 15.7. The minimum absolute atomic E-state index is 0.144. The van der Waals surface area contributed by atoms with E-state index in [0.717, 1.165) is 12.7 Å². The van der Waals surface area contributed by atoms with Gasteiger partial charge in [-0.3, -0.25) is 4.79 Å². The summed E-state index contributed by atoms with van der Waals surface area (Å²) < 4.78 is 29.6. The Labute approximate surface area is 113 Å². The first-order chi connectivity index (χ1) is 8.93. The Hall–Kier alpha value is -1.34. The first-order valence-electron chi connectivity index (χ1n) is 6.17. The summed E-state index contributed by atoms with van der Waals surface area (Å²) in [5, 5.41) is 2.71. The van der Waals surface area contributed by atoms with E-state index in [-0.39, 0.29) is 25.4 Å². The molecular weight excluding hydrogens is 268 g/mol. The maximum atomic E-state index is 11.6. The molecule has 1 amide bonds. The number of amides is 1. The fourth-order valence-corrected chi connectivity index (χ4v) is 2.30. The smallest absolute Gasteiger partial charge is 0.221 e. The van der Waals surface area contributed by atoms with Crippen LogP contribution in [0.4, 0.5) is 0 Å². The van der Waals surface area contributed by atoms with E-state index in [4.69, 9.17) is 4.42 Å². The van der Waals surface area contributed by atoms with Gasteiger partial charge in [-0.1, -0.05) is 6.92 Å². The molecule has 1 aromatic rings. The van der Waals surface area contributed by atoms with E-state index >= 15 is 0 Å². The van der Waals surface area contributed by atoms with Crippen LogP contribution in [-0.4, -0.2) is 38.0 Å². The van der Waals surface area contributed by atoms with Crippen LogP contribution in [0.1, 0.15) is 25.5 Å². The summed E-state index contributed by atoms with van der Waals surface area (Å²) in [6, 6.07) is 3.40. The second kappa shape index (κ2) is 7.30. The lowest BCUT2D eigenvalue weighted by molar-refractivity contribution is -0.121. The van der Waals surface area contributed by atoms with Crippen molar-refractivity contribution in [3.63, 3.8) is 0 Å². The highest BCUT2D eigenvalue weighted by Crippen LogP contribution is 2.09. The van der Waals surface area contributed by atoms with Gasteiger partial charge in [0.05, 0.1) is 19.1 Å². The van der Waals surface area contributed by atoms with Crippen molar-refractivity contribution >= 4 is 15.9 Å². The van der Waals surface area contributed by atoms with Crippen LogP contribution in [0.5, 0.6) is 0 Å². The number of rotatable bonds is 8. The summed E-state index contributed by atoms with van der Waals surface area (Å²) in [6.07, 6.45) is 3.62. The van der Waals surface area contributed by atoms with Gasteiger partial charge in [0.2, 0.25) is 15.9 Å². The maximum Gasteiger partial charge on any atom is 0.221 e. The Morgan fingerprint density at radius 2 is 2.21 bits per heavy atom. The maximum absolute atomic E-state index is 11.6. The van der Waals surface area contributed by atoms with E-state index in [0.29, 0.717) is 12.3 Å². The van der Waals surface area contributed by atoms with E-state index in [1.54, 1.807) is 12.1 Å². The van der Waals surface area contributed by atoms with Crippen molar-refractivity contribution in [1.82, 2.24) is 9.62 Å². The molecule has 108 valence electrons. The van der Waals surface area contributed by atoms with E-state index in [1.165, 1.54) is 10.6 Å². The summed E-state index contributed by atoms with van der Waals surface area (Å²) in [6.45, 7) is 2.86. The SMILES string of the molecule is CCCNC(=O)CCN(Cc1ccco1)S(C)(=O)=O. The zero-order chi connectivity index (χ0) is 14.3. The van der Waals surface area contributed by atoms with Crippen LogP contribution < -0.4 is 5.32 Å². The number of nitrogens with zero attached hydrogens (tertiary/aromatic N) is 1.